The molecule has 0 aliphatic heterocycles. The monoisotopic (exact) mass is 386 g/mol. The van der Waals surface area contributed by atoms with Gasteiger partial charge in [-0.3, -0.25) is 0 Å². The van der Waals surface area contributed by atoms with Crippen molar-refractivity contribution >= 4 is 0 Å². The number of hydrogen-bond acceptors (Lipinski definition) is 0. The van der Waals surface area contributed by atoms with E-state index in [1.807, 2.05) is 6.07 Å². The molecule has 0 radical (unpaired) electrons. The summed E-state index contributed by atoms with van der Waals surface area (Å²) in [7, 11) is 0. The molecule has 0 aromatic heterocycles. The van der Waals surface area contributed by atoms with Crippen LogP contribution in [-0.4, -0.2) is 0 Å². The minimum absolute atomic E-state index is 0.327. The first-order valence-corrected chi connectivity index (χ1v) is 10.8. The van der Waals surface area contributed by atoms with Gasteiger partial charge in [0.05, 0.1) is 0 Å². The third-order valence-electron chi connectivity index (χ3n) is 7.00. The van der Waals surface area contributed by atoms with E-state index < -0.39 is 11.6 Å². The van der Waals surface area contributed by atoms with Crippen LogP contribution in [0.4, 0.5) is 13.2 Å². The maximum atomic E-state index is 14.7. The molecular weight excluding hydrogens is 357 g/mol. The van der Waals surface area contributed by atoms with E-state index in [1.54, 1.807) is 12.1 Å². The summed E-state index contributed by atoms with van der Waals surface area (Å²) in [5, 5.41) is 0. The third kappa shape index (κ3) is 4.45. The molecule has 0 heterocycles. The Morgan fingerprint density at radius 2 is 1.32 bits per heavy atom. The van der Waals surface area contributed by atoms with Crippen LogP contribution >= 0.6 is 0 Å². The fourth-order valence-electron chi connectivity index (χ4n) is 5.24. The molecule has 2 aliphatic rings. The zero-order valence-electron chi connectivity index (χ0n) is 16.4. The van der Waals surface area contributed by atoms with E-state index in [9.17, 15) is 13.2 Å². The molecule has 0 bridgehead atoms. The van der Waals surface area contributed by atoms with Gasteiger partial charge in [-0.05, 0) is 72.8 Å². The van der Waals surface area contributed by atoms with Crippen molar-refractivity contribution in [3.8, 4) is 11.1 Å². The Labute approximate surface area is 166 Å². The lowest BCUT2D eigenvalue weighted by atomic mass is 9.76. The van der Waals surface area contributed by atoms with Crippen molar-refractivity contribution in [2.75, 3.05) is 0 Å². The maximum absolute atomic E-state index is 14.7. The van der Waals surface area contributed by atoms with Crippen molar-refractivity contribution in [2.45, 2.75) is 70.1 Å². The molecule has 2 aromatic rings. The minimum Gasteiger partial charge on any atom is -0.206 e. The lowest BCUT2D eigenvalue weighted by Gasteiger charge is -2.29. The normalized spacial score (nSPS) is 23.2. The summed E-state index contributed by atoms with van der Waals surface area (Å²) in [5.74, 6) is 0.00398. The van der Waals surface area contributed by atoms with Crippen LogP contribution in [0, 0.1) is 29.3 Å². The molecule has 2 saturated carbocycles. The van der Waals surface area contributed by atoms with Gasteiger partial charge in [0, 0.05) is 5.56 Å². The van der Waals surface area contributed by atoms with Crippen molar-refractivity contribution in [3.05, 3.63) is 59.4 Å². The quantitative estimate of drug-likeness (QED) is 0.488. The highest BCUT2D eigenvalue weighted by Crippen LogP contribution is 2.40. The van der Waals surface area contributed by atoms with E-state index in [1.165, 1.54) is 57.4 Å². The second-order valence-electron chi connectivity index (χ2n) is 8.81. The predicted octanol–water partition coefficient (Wildman–Crippen LogP) is 8.02. The zero-order valence-corrected chi connectivity index (χ0v) is 16.4. The van der Waals surface area contributed by atoms with E-state index in [0.29, 0.717) is 17.0 Å². The van der Waals surface area contributed by atoms with Gasteiger partial charge in [-0.15, -0.1) is 0 Å². The van der Waals surface area contributed by atoms with Gasteiger partial charge >= 0.3 is 0 Å². The van der Waals surface area contributed by atoms with Crippen LogP contribution in [0.25, 0.3) is 11.1 Å². The highest BCUT2D eigenvalue weighted by molar-refractivity contribution is 5.64. The molecule has 150 valence electrons. The largest absolute Gasteiger partial charge is 0.206 e. The fraction of sp³-hybridized carbons (Fsp3) is 0.520. The highest BCUT2D eigenvalue weighted by atomic mass is 19.2. The second-order valence-corrected chi connectivity index (χ2v) is 8.81. The molecule has 0 unspecified atom stereocenters. The average molecular weight is 387 g/mol. The predicted molar refractivity (Wildman–Crippen MR) is 108 cm³/mol. The van der Waals surface area contributed by atoms with Gasteiger partial charge in [0.2, 0.25) is 0 Å². The van der Waals surface area contributed by atoms with Crippen LogP contribution in [0.3, 0.4) is 0 Å². The molecule has 0 amide bonds. The Bertz CT molecular complexity index is 799. The number of benzene rings is 2. The van der Waals surface area contributed by atoms with Crippen molar-refractivity contribution in [1.82, 2.24) is 0 Å². The van der Waals surface area contributed by atoms with Gasteiger partial charge in [-0.2, -0.15) is 0 Å². The van der Waals surface area contributed by atoms with Crippen LogP contribution in [0.1, 0.15) is 75.7 Å². The molecule has 28 heavy (non-hydrogen) atoms. The van der Waals surface area contributed by atoms with Crippen LogP contribution in [-0.2, 0) is 0 Å². The Morgan fingerprint density at radius 3 is 1.96 bits per heavy atom. The number of rotatable bonds is 5. The lowest BCUT2D eigenvalue weighted by Crippen LogP contribution is -2.14. The smallest absolute Gasteiger partial charge is 0.159 e. The van der Waals surface area contributed by atoms with Crippen molar-refractivity contribution < 1.29 is 13.2 Å². The van der Waals surface area contributed by atoms with Gasteiger partial charge in [0.15, 0.2) is 11.6 Å². The molecular formula is C25H29F3. The second kappa shape index (κ2) is 8.71. The molecule has 2 aliphatic carbocycles. The summed E-state index contributed by atoms with van der Waals surface area (Å²) < 4.78 is 41.3. The summed E-state index contributed by atoms with van der Waals surface area (Å²) in [6.45, 7) is 0. The van der Waals surface area contributed by atoms with Crippen LogP contribution < -0.4 is 0 Å². The zero-order chi connectivity index (χ0) is 19.5. The van der Waals surface area contributed by atoms with E-state index in [0.717, 1.165) is 42.4 Å². The van der Waals surface area contributed by atoms with Gasteiger partial charge in [-0.25, -0.2) is 13.2 Å². The number of halogens is 3. The van der Waals surface area contributed by atoms with Crippen LogP contribution in [0.5, 0.6) is 0 Å². The first kappa shape index (κ1) is 19.5. The third-order valence-corrected chi connectivity index (χ3v) is 7.00. The average Bonchev–Trinajstić information content (AvgIpc) is 3.23. The summed E-state index contributed by atoms with van der Waals surface area (Å²) in [6.07, 6.45) is 13.2. The van der Waals surface area contributed by atoms with E-state index in [2.05, 4.69) is 0 Å². The summed E-state index contributed by atoms with van der Waals surface area (Å²) >= 11 is 0. The van der Waals surface area contributed by atoms with Crippen LogP contribution in [0.15, 0.2) is 36.4 Å². The van der Waals surface area contributed by atoms with Gasteiger partial charge in [0.1, 0.15) is 5.82 Å². The maximum Gasteiger partial charge on any atom is 0.159 e. The minimum atomic E-state index is -0.947. The van der Waals surface area contributed by atoms with Gasteiger partial charge in [-0.1, -0.05) is 56.7 Å². The first-order chi connectivity index (χ1) is 13.6. The molecule has 3 heteroatoms. The van der Waals surface area contributed by atoms with E-state index in [4.69, 9.17) is 0 Å². The van der Waals surface area contributed by atoms with Gasteiger partial charge < -0.3 is 0 Å². The van der Waals surface area contributed by atoms with Crippen molar-refractivity contribution in [1.29, 1.82) is 0 Å². The number of hydrogen-bond donors (Lipinski definition) is 0. The van der Waals surface area contributed by atoms with E-state index in [-0.39, 0.29) is 5.82 Å². The van der Waals surface area contributed by atoms with Crippen LogP contribution in [0.2, 0.25) is 0 Å². The summed E-state index contributed by atoms with van der Waals surface area (Å²) in [6, 6.07) is 8.80. The lowest BCUT2D eigenvalue weighted by molar-refractivity contribution is 0.287. The Balaban J connectivity index is 1.36. The van der Waals surface area contributed by atoms with Crippen molar-refractivity contribution in [3.63, 3.8) is 0 Å². The molecule has 4 rings (SSSR count). The standard InChI is InChI=1S/C25H29F3/c26-23-14-12-21(16-25(23)28)22-13-11-20(15-24(22)27)19-9-7-18(8-10-19)6-5-17-3-1-2-4-17/h11-19H,1-10H2. The molecule has 0 spiro atoms. The topological polar surface area (TPSA) is 0 Å². The molecule has 0 nitrogen and oxygen atoms in total. The molecule has 2 fully saturated rings. The molecule has 0 saturated heterocycles. The molecule has 0 atom stereocenters. The fourth-order valence-corrected chi connectivity index (χ4v) is 5.24. The van der Waals surface area contributed by atoms with E-state index >= 15 is 0 Å². The molecule has 2 aromatic carbocycles. The van der Waals surface area contributed by atoms with Crippen molar-refractivity contribution in [2.24, 2.45) is 11.8 Å². The summed E-state index contributed by atoms with van der Waals surface area (Å²) in [5.41, 5.74) is 1.74. The Morgan fingerprint density at radius 1 is 0.643 bits per heavy atom. The molecule has 0 N–H and O–H groups in total. The Kier molecular flexibility index (Phi) is 6.08. The highest BCUT2D eigenvalue weighted by Gasteiger charge is 2.24. The SMILES string of the molecule is Fc1ccc(-c2ccc(C3CCC(CCC4CCCC4)CC3)cc2F)cc1F. The van der Waals surface area contributed by atoms with Gasteiger partial charge in [0.25, 0.3) is 0 Å². The first-order valence-electron chi connectivity index (χ1n) is 10.8. The summed E-state index contributed by atoms with van der Waals surface area (Å²) in [4.78, 5) is 0. The Hall–Kier alpha value is -1.77.